The van der Waals surface area contributed by atoms with Crippen LogP contribution in [0.4, 0.5) is 10.1 Å². The molecule has 1 aliphatic heterocycles. The predicted molar refractivity (Wildman–Crippen MR) is 124 cm³/mol. The second kappa shape index (κ2) is 9.65. The van der Waals surface area contributed by atoms with E-state index in [2.05, 4.69) is 10.6 Å². The minimum Gasteiger partial charge on any atom is -0.353 e. The smallest absolute Gasteiger partial charge is 0.254 e. The van der Waals surface area contributed by atoms with Crippen molar-refractivity contribution < 1.29 is 18.8 Å². The van der Waals surface area contributed by atoms with Crippen LogP contribution in [0.25, 0.3) is 11.1 Å². The van der Waals surface area contributed by atoms with Gasteiger partial charge in [0.15, 0.2) is 0 Å². The first-order valence-corrected chi connectivity index (χ1v) is 10.7. The van der Waals surface area contributed by atoms with E-state index in [-0.39, 0.29) is 23.5 Å². The molecule has 168 valence electrons. The van der Waals surface area contributed by atoms with E-state index >= 15 is 0 Å². The summed E-state index contributed by atoms with van der Waals surface area (Å²) in [5, 5.41) is 5.53. The van der Waals surface area contributed by atoms with Crippen LogP contribution in [0.3, 0.4) is 0 Å². The Morgan fingerprint density at radius 2 is 1.73 bits per heavy atom. The zero-order valence-electron chi connectivity index (χ0n) is 18.2. The van der Waals surface area contributed by atoms with Crippen molar-refractivity contribution in [2.75, 3.05) is 18.4 Å². The van der Waals surface area contributed by atoms with E-state index in [9.17, 15) is 18.8 Å². The normalized spacial score (nSPS) is 15.6. The van der Waals surface area contributed by atoms with Gasteiger partial charge in [-0.1, -0.05) is 36.4 Å². The maximum atomic E-state index is 13.4. The highest BCUT2D eigenvalue weighted by atomic mass is 19.1. The molecule has 4 rings (SSSR count). The molecule has 3 aromatic rings. The van der Waals surface area contributed by atoms with Gasteiger partial charge in [0.2, 0.25) is 11.8 Å². The van der Waals surface area contributed by atoms with Crippen molar-refractivity contribution in [2.24, 2.45) is 0 Å². The van der Waals surface area contributed by atoms with Crippen molar-refractivity contribution in [1.82, 2.24) is 10.2 Å². The van der Waals surface area contributed by atoms with Crippen LogP contribution in [0.5, 0.6) is 0 Å². The number of nitrogens with zero attached hydrogens (tertiary/aromatic N) is 1. The Hall–Kier alpha value is -4.00. The summed E-state index contributed by atoms with van der Waals surface area (Å²) in [4.78, 5) is 38.9. The van der Waals surface area contributed by atoms with Gasteiger partial charge in [-0.05, 0) is 53.1 Å². The third-order valence-corrected chi connectivity index (χ3v) is 5.63. The molecular formula is C26H24FN3O3. The lowest BCUT2D eigenvalue weighted by Gasteiger charge is -2.35. The average Bonchev–Trinajstić information content (AvgIpc) is 2.81. The van der Waals surface area contributed by atoms with Crippen LogP contribution in [0, 0.1) is 5.82 Å². The summed E-state index contributed by atoms with van der Waals surface area (Å²) in [7, 11) is 0. The predicted octanol–water partition coefficient (Wildman–Crippen LogP) is 3.63. The first-order valence-electron chi connectivity index (χ1n) is 10.7. The van der Waals surface area contributed by atoms with Crippen LogP contribution in [-0.2, 0) is 16.0 Å². The van der Waals surface area contributed by atoms with Gasteiger partial charge in [-0.25, -0.2) is 4.39 Å². The zero-order chi connectivity index (χ0) is 23.4. The van der Waals surface area contributed by atoms with E-state index in [4.69, 9.17) is 0 Å². The molecule has 3 amide bonds. The van der Waals surface area contributed by atoms with Crippen molar-refractivity contribution in [3.05, 3.63) is 89.7 Å². The molecule has 1 fully saturated rings. The van der Waals surface area contributed by atoms with E-state index < -0.39 is 6.04 Å². The monoisotopic (exact) mass is 445 g/mol. The summed E-state index contributed by atoms with van der Waals surface area (Å²) in [5.74, 6) is -0.965. The van der Waals surface area contributed by atoms with Gasteiger partial charge in [-0.2, -0.15) is 0 Å². The number of hydrogen-bond acceptors (Lipinski definition) is 3. The fourth-order valence-corrected chi connectivity index (χ4v) is 4.04. The van der Waals surface area contributed by atoms with E-state index in [1.54, 1.807) is 41.3 Å². The molecule has 2 N–H and O–H groups in total. The van der Waals surface area contributed by atoms with Crippen molar-refractivity contribution in [3.63, 3.8) is 0 Å². The number of hydrogen-bond donors (Lipinski definition) is 2. The summed E-state index contributed by atoms with van der Waals surface area (Å²) in [6, 6.07) is 19.8. The molecule has 1 atom stereocenters. The number of benzene rings is 3. The Labute approximate surface area is 191 Å². The molecule has 0 radical (unpaired) electrons. The van der Waals surface area contributed by atoms with Crippen LogP contribution in [0.15, 0.2) is 72.8 Å². The van der Waals surface area contributed by atoms with Crippen molar-refractivity contribution >= 4 is 23.4 Å². The summed E-state index contributed by atoms with van der Waals surface area (Å²) in [6.45, 7) is 2.19. The SMILES string of the molecule is CC(=O)Nc1ccc(C(=O)N2CCNC(=O)C2Cc2ccccc2-c2ccc(F)cc2)cc1. The van der Waals surface area contributed by atoms with Gasteiger partial charge >= 0.3 is 0 Å². The average molecular weight is 445 g/mol. The highest BCUT2D eigenvalue weighted by molar-refractivity contribution is 5.99. The molecular weight excluding hydrogens is 421 g/mol. The van der Waals surface area contributed by atoms with Gasteiger partial charge in [-0.15, -0.1) is 0 Å². The number of anilines is 1. The quantitative estimate of drug-likeness (QED) is 0.630. The van der Waals surface area contributed by atoms with E-state index in [1.165, 1.54) is 19.1 Å². The van der Waals surface area contributed by atoms with Crippen molar-refractivity contribution in [1.29, 1.82) is 0 Å². The number of carbonyl (C=O) groups is 3. The fourth-order valence-electron chi connectivity index (χ4n) is 4.04. The minimum atomic E-state index is -0.678. The molecule has 1 aliphatic rings. The summed E-state index contributed by atoms with van der Waals surface area (Å²) < 4.78 is 13.4. The zero-order valence-corrected chi connectivity index (χ0v) is 18.2. The maximum absolute atomic E-state index is 13.4. The van der Waals surface area contributed by atoms with Gasteiger partial charge in [-0.3, -0.25) is 14.4 Å². The molecule has 0 aromatic heterocycles. The van der Waals surface area contributed by atoms with E-state index in [0.29, 0.717) is 30.8 Å². The number of halogens is 1. The number of rotatable bonds is 5. The van der Waals surface area contributed by atoms with Crippen LogP contribution in [0.2, 0.25) is 0 Å². The standard InChI is InChI=1S/C26H24FN3O3/c1-17(31)29-22-12-8-19(9-13-22)26(33)30-15-14-28-25(32)24(30)16-20-4-2-3-5-23(20)18-6-10-21(27)11-7-18/h2-13,24H,14-16H2,1H3,(H,28,32)(H,29,31). The van der Waals surface area contributed by atoms with Crippen molar-refractivity contribution in [2.45, 2.75) is 19.4 Å². The topological polar surface area (TPSA) is 78.5 Å². The highest BCUT2D eigenvalue weighted by Gasteiger charge is 2.34. The lowest BCUT2D eigenvalue weighted by Crippen LogP contribution is -2.58. The second-order valence-corrected chi connectivity index (χ2v) is 7.93. The van der Waals surface area contributed by atoms with Gasteiger partial charge in [0.25, 0.3) is 5.91 Å². The molecule has 0 aliphatic carbocycles. The molecule has 0 saturated carbocycles. The van der Waals surface area contributed by atoms with Gasteiger partial charge < -0.3 is 15.5 Å². The van der Waals surface area contributed by atoms with Crippen LogP contribution >= 0.6 is 0 Å². The number of amides is 3. The van der Waals surface area contributed by atoms with Gasteiger partial charge in [0.1, 0.15) is 11.9 Å². The molecule has 0 bridgehead atoms. The molecule has 0 spiro atoms. The molecule has 3 aromatic carbocycles. The van der Waals surface area contributed by atoms with Gasteiger partial charge in [0, 0.05) is 37.7 Å². The first kappa shape index (κ1) is 22.2. The third kappa shape index (κ3) is 5.09. The van der Waals surface area contributed by atoms with Crippen LogP contribution in [0.1, 0.15) is 22.8 Å². The molecule has 1 saturated heterocycles. The lowest BCUT2D eigenvalue weighted by atomic mass is 9.93. The molecule has 1 heterocycles. The summed E-state index contributed by atoms with van der Waals surface area (Å²) in [6.07, 6.45) is 0.328. The van der Waals surface area contributed by atoms with E-state index in [0.717, 1.165) is 16.7 Å². The maximum Gasteiger partial charge on any atom is 0.254 e. The lowest BCUT2D eigenvalue weighted by molar-refractivity contribution is -0.127. The second-order valence-electron chi connectivity index (χ2n) is 7.93. The number of nitrogens with one attached hydrogen (secondary N) is 2. The molecule has 6 nitrogen and oxygen atoms in total. The summed E-state index contributed by atoms with van der Waals surface area (Å²) in [5.41, 5.74) is 3.67. The van der Waals surface area contributed by atoms with Crippen LogP contribution in [-0.4, -0.2) is 41.8 Å². The molecule has 7 heteroatoms. The largest absolute Gasteiger partial charge is 0.353 e. The third-order valence-electron chi connectivity index (χ3n) is 5.63. The van der Waals surface area contributed by atoms with Gasteiger partial charge in [0.05, 0.1) is 0 Å². The van der Waals surface area contributed by atoms with E-state index in [1.807, 2.05) is 24.3 Å². The Balaban J connectivity index is 1.60. The van der Waals surface area contributed by atoms with Crippen LogP contribution < -0.4 is 10.6 Å². The Morgan fingerprint density at radius 1 is 1.03 bits per heavy atom. The minimum absolute atomic E-state index is 0.193. The Bertz CT molecular complexity index is 1180. The molecule has 33 heavy (non-hydrogen) atoms. The number of piperazine rings is 1. The fraction of sp³-hybridized carbons (Fsp3) is 0.192. The highest BCUT2D eigenvalue weighted by Crippen LogP contribution is 2.27. The summed E-state index contributed by atoms with van der Waals surface area (Å²) >= 11 is 0. The number of carbonyl (C=O) groups excluding carboxylic acids is 3. The Morgan fingerprint density at radius 3 is 2.42 bits per heavy atom. The molecule has 1 unspecified atom stereocenters. The Kier molecular flexibility index (Phi) is 6.49. The first-order chi connectivity index (χ1) is 15.9. The van der Waals surface area contributed by atoms with Crippen molar-refractivity contribution in [3.8, 4) is 11.1 Å².